The van der Waals surface area contributed by atoms with Crippen LogP contribution in [0.4, 0.5) is 26.3 Å². The van der Waals surface area contributed by atoms with Gasteiger partial charge in [-0.25, -0.2) is 0 Å². The van der Waals surface area contributed by atoms with Gasteiger partial charge in [0, 0.05) is 23.0 Å². The molecule has 0 fully saturated rings. The van der Waals surface area contributed by atoms with Crippen molar-refractivity contribution in [1.29, 1.82) is 0 Å². The highest BCUT2D eigenvalue weighted by Crippen LogP contribution is 2.50. The summed E-state index contributed by atoms with van der Waals surface area (Å²) in [4.78, 5) is 0. The van der Waals surface area contributed by atoms with Crippen LogP contribution in [0.1, 0.15) is 69.2 Å². The molecule has 0 aromatic heterocycles. The number of rotatable bonds is 5. The number of phenolic OH excluding ortho intramolecular Hbond substituents is 2. The second-order valence-corrected chi connectivity index (χ2v) is 10.6. The first-order valence-electron chi connectivity index (χ1n) is 13.3. The van der Waals surface area contributed by atoms with Gasteiger partial charge >= 0.3 is 12.4 Å². The van der Waals surface area contributed by atoms with Crippen LogP contribution in [0.5, 0.6) is 11.5 Å². The molecule has 2 nitrogen and oxygen atoms in total. The molecule has 0 radical (unpaired) electrons. The zero-order chi connectivity index (χ0) is 29.8. The van der Waals surface area contributed by atoms with Crippen LogP contribution in [-0.2, 0) is 12.4 Å². The predicted molar refractivity (Wildman–Crippen MR) is 148 cm³/mol. The van der Waals surface area contributed by atoms with Gasteiger partial charge in [0.25, 0.3) is 0 Å². The summed E-state index contributed by atoms with van der Waals surface area (Å²) in [6, 6.07) is 20.3. The van der Waals surface area contributed by atoms with Gasteiger partial charge in [-0.3, -0.25) is 0 Å². The van der Waals surface area contributed by atoms with Crippen LogP contribution in [0.15, 0.2) is 96.1 Å². The molecule has 0 saturated heterocycles. The molecule has 0 heterocycles. The summed E-state index contributed by atoms with van der Waals surface area (Å²) in [5.74, 6) is -1.77. The summed E-state index contributed by atoms with van der Waals surface area (Å²) in [5.41, 5.74) is 3.25. The molecule has 0 amide bonds. The third-order valence-corrected chi connectivity index (χ3v) is 8.07. The number of halogens is 6. The smallest absolute Gasteiger partial charge is 0.416 e. The average Bonchev–Trinajstić information content (AvgIpc) is 3.49. The van der Waals surface area contributed by atoms with E-state index < -0.39 is 35.3 Å². The minimum absolute atomic E-state index is 0.136. The van der Waals surface area contributed by atoms with E-state index >= 15 is 0 Å². The van der Waals surface area contributed by atoms with Gasteiger partial charge in [0.05, 0.1) is 11.1 Å². The number of hydrogen-bond donors (Lipinski definition) is 2. The van der Waals surface area contributed by atoms with Gasteiger partial charge in [-0.2, -0.15) is 26.3 Å². The lowest BCUT2D eigenvalue weighted by Crippen LogP contribution is -2.10. The van der Waals surface area contributed by atoms with Crippen molar-refractivity contribution in [3.63, 3.8) is 0 Å². The predicted octanol–water partition coefficient (Wildman–Crippen LogP) is 9.67. The van der Waals surface area contributed by atoms with Crippen LogP contribution in [0.25, 0.3) is 12.2 Å². The third kappa shape index (κ3) is 4.95. The van der Waals surface area contributed by atoms with E-state index in [0.29, 0.717) is 12.8 Å². The lowest BCUT2D eigenvalue weighted by Gasteiger charge is -2.23. The molecule has 2 atom stereocenters. The molecule has 2 aliphatic carbocycles. The first kappa shape index (κ1) is 27.7. The number of phenols is 2. The molecule has 4 aromatic carbocycles. The summed E-state index contributed by atoms with van der Waals surface area (Å²) in [5, 5.41) is 21.4. The lowest BCUT2D eigenvalue weighted by atomic mass is 9.82. The maximum absolute atomic E-state index is 13.6. The number of alkyl halides is 6. The maximum Gasteiger partial charge on any atom is 0.416 e. The Bertz CT molecular complexity index is 1620. The van der Waals surface area contributed by atoms with Crippen LogP contribution >= 0.6 is 0 Å². The molecule has 0 saturated carbocycles. The molecule has 8 heteroatoms. The number of benzene rings is 4. The largest absolute Gasteiger partial charge is 0.508 e. The van der Waals surface area contributed by atoms with Crippen LogP contribution < -0.4 is 0 Å². The Balaban J connectivity index is 1.38. The van der Waals surface area contributed by atoms with E-state index in [1.807, 2.05) is 48.6 Å². The van der Waals surface area contributed by atoms with E-state index in [-0.39, 0.29) is 22.6 Å². The normalized spacial score (nSPS) is 18.0. The first-order chi connectivity index (χ1) is 19.9. The van der Waals surface area contributed by atoms with Gasteiger partial charge in [0.1, 0.15) is 11.5 Å². The Kier molecular flexibility index (Phi) is 6.67. The van der Waals surface area contributed by atoms with Crippen LogP contribution in [-0.4, -0.2) is 10.2 Å². The van der Waals surface area contributed by atoms with E-state index in [9.17, 15) is 36.6 Å². The monoisotopic (exact) mass is 578 g/mol. The minimum Gasteiger partial charge on any atom is -0.508 e. The van der Waals surface area contributed by atoms with Crippen LogP contribution in [0.3, 0.4) is 0 Å². The quantitative estimate of drug-likeness (QED) is 0.232. The minimum atomic E-state index is -4.59. The molecule has 2 aliphatic rings. The molecule has 4 aromatic rings. The van der Waals surface area contributed by atoms with Crippen molar-refractivity contribution >= 4 is 12.2 Å². The highest BCUT2D eigenvalue weighted by atomic mass is 19.4. The zero-order valence-corrected chi connectivity index (χ0v) is 22.0. The van der Waals surface area contributed by atoms with Gasteiger partial charge < -0.3 is 10.2 Å². The van der Waals surface area contributed by atoms with Crippen molar-refractivity contribution in [2.24, 2.45) is 0 Å². The number of aromatic hydroxyl groups is 2. The van der Waals surface area contributed by atoms with Crippen molar-refractivity contribution in [3.05, 3.63) is 141 Å². The zero-order valence-electron chi connectivity index (χ0n) is 22.0. The summed E-state index contributed by atoms with van der Waals surface area (Å²) in [6.07, 6.45) is -4.65. The van der Waals surface area contributed by atoms with E-state index in [4.69, 9.17) is 0 Å². The Morgan fingerprint density at radius 3 is 1.26 bits per heavy atom. The van der Waals surface area contributed by atoms with Gasteiger partial charge in [-0.1, -0.05) is 71.8 Å². The summed E-state index contributed by atoms with van der Waals surface area (Å²) in [6.45, 7) is 0. The van der Waals surface area contributed by atoms with Crippen molar-refractivity contribution in [2.45, 2.75) is 37.0 Å². The van der Waals surface area contributed by atoms with Crippen molar-refractivity contribution in [3.8, 4) is 11.5 Å². The Morgan fingerprint density at radius 1 is 0.500 bits per heavy atom. The molecule has 0 bridgehead atoms. The van der Waals surface area contributed by atoms with E-state index in [2.05, 4.69) is 0 Å². The number of hydrogen-bond acceptors (Lipinski definition) is 2. The van der Waals surface area contributed by atoms with E-state index in [1.165, 1.54) is 0 Å². The fraction of sp³-hybridized carbons (Fsp3) is 0.176. The fourth-order valence-electron chi connectivity index (χ4n) is 6.16. The summed E-state index contributed by atoms with van der Waals surface area (Å²) in [7, 11) is 0. The maximum atomic E-state index is 13.6. The van der Waals surface area contributed by atoms with Gasteiger partial charge in [-0.15, -0.1) is 0 Å². The SMILES string of the molecule is Oc1ccc(C(F)(F)F)cc1C1C(CCC2=Cc3ccccc3C2c2cc(C(F)(F)F)ccc2O)=Cc2ccccc21. The average molecular weight is 579 g/mol. The highest BCUT2D eigenvalue weighted by molar-refractivity contribution is 5.73. The Hall–Kier alpha value is -4.46. The highest BCUT2D eigenvalue weighted by Gasteiger charge is 2.37. The topological polar surface area (TPSA) is 40.5 Å². The lowest BCUT2D eigenvalue weighted by molar-refractivity contribution is -0.138. The van der Waals surface area contributed by atoms with Gasteiger partial charge in [0.2, 0.25) is 0 Å². The van der Waals surface area contributed by atoms with E-state index in [0.717, 1.165) is 69.8 Å². The molecule has 0 aliphatic heterocycles. The molecule has 214 valence electrons. The van der Waals surface area contributed by atoms with Crippen LogP contribution in [0.2, 0.25) is 0 Å². The molecular formula is C34H24F6O2. The van der Waals surface area contributed by atoms with Gasteiger partial charge in [0.15, 0.2) is 0 Å². The second kappa shape index (κ2) is 10.1. The molecular weight excluding hydrogens is 554 g/mol. The third-order valence-electron chi connectivity index (χ3n) is 8.07. The van der Waals surface area contributed by atoms with Crippen molar-refractivity contribution < 1.29 is 36.6 Å². The van der Waals surface area contributed by atoms with Crippen molar-refractivity contribution in [1.82, 2.24) is 0 Å². The second-order valence-electron chi connectivity index (χ2n) is 10.6. The van der Waals surface area contributed by atoms with E-state index in [1.54, 1.807) is 12.1 Å². The Morgan fingerprint density at radius 2 is 0.881 bits per heavy atom. The van der Waals surface area contributed by atoms with Gasteiger partial charge in [-0.05, 0) is 71.5 Å². The van der Waals surface area contributed by atoms with Crippen molar-refractivity contribution in [2.75, 3.05) is 0 Å². The molecule has 42 heavy (non-hydrogen) atoms. The summed E-state index contributed by atoms with van der Waals surface area (Å²) < 4.78 is 81.6. The fourth-order valence-corrected chi connectivity index (χ4v) is 6.16. The molecule has 2 N–H and O–H groups in total. The summed E-state index contributed by atoms with van der Waals surface area (Å²) >= 11 is 0. The number of allylic oxidation sites excluding steroid dienone is 2. The molecule has 6 rings (SSSR count). The number of fused-ring (bicyclic) bond motifs is 2. The first-order valence-corrected chi connectivity index (χ1v) is 13.3. The standard InChI is InChI=1S/C34H24F6O2/c35-33(36,37)23-11-13-29(41)27(17-23)31-21(15-19-5-1-3-7-25(19)31)9-10-22-16-20-6-2-4-8-26(20)32(22)28-18-24(34(38,39)40)12-14-30(28)42/h1-8,11-18,31-32,41-42H,9-10H2. The molecule has 2 unspecified atom stereocenters. The molecule has 0 spiro atoms. The van der Waals surface area contributed by atoms with Crippen LogP contribution in [0, 0.1) is 0 Å². The Labute approximate surface area is 237 Å².